The number of nitrogens with two attached hydrogens (primary N) is 1. The minimum atomic E-state index is 0.159. The summed E-state index contributed by atoms with van der Waals surface area (Å²) in [6.07, 6.45) is 2.01. The van der Waals surface area contributed by atoms with Crippen molar-refractivity contribution in [3.63, 3.8) is 0 Å². The van der Waals surface area contributed by atoms with E-state index in [1.165, 1.54) is 0 Å². The fourth-order valence-electron chi connectivity index (χ4n) is 2.16. The second-order valence-electron chi connectivity index (χ2n) is 5.02. The van der Waals surface area contributed by atoms with Gasteiger partial charge in [0.15, 0.2) is 11.5 Å². The maximum absolute atomic E-state index is 5.88. The van der Waals surface area contributed by atoms with Gasteiger partial charge in [-0.1, -0.05) is 13.0 Å². The Bertz CT molecular complexity index is 409. The fraction of sp³-hybridized carbons (Fsp3) is 0.600. The highest BCUT2D eigenvalue weighted by molar-refractivity contribution is 5.44. The van der Waals surface area contributed by atoms with E-state index >= 15 is 0 Å². The molecule has 1 aliphatic heterocycles. The molecule has 4 nitrogen and oxygen atoms in total. The van der Waals surface area contributed by atoms with Gasteiger partial charge in [-0.05, 0) is 31.0 Å². The third kappa shape index (κ3) is 3.61. The number of hydrogen-bond donors (Lipinski definition) is 2. The molecule has 4 heteroatoms. The van der Waals surface area contributed by atoms with Crippen molar-refractivity contribution < 1.29 is 9.47 Å². The van der Waals surface area contributed by atoms with Crippen molar-refractivity contribution in [3.8, 4) is 11.5 Å². The van der Waals surface area contributed by atoms with E-state index in [1.807, 2.05) is 12.1 Å². The van der Waals surface area contributed by atoms with Crippen LogP contribution in [0.4, 0.5) is 0 Å². The zero-order valence-corrected chi connectivity index (χ0v) is 11.8. The molecule has 19 heavy (non-hydrogen) atoms. The Morgan fingerprint density at radius 2 is 2.00 bits per heavy atom. The van der Waals surface area contributed by atoms with Crippen LogP contribution < -0.4 is 20.5 Å². The average Bonchev–Trinajstić information content (AvgIpc) is 2.68. The van der Waals surface area contributed by atoms with Crippen LogP contribution in [-0.4, -0.2) is 25.8 Å². The molecule has 106 valence electrons. The molecular formula is C15H24N2O2. The number of nitrogens with one attached hydrogen (secondary N) is 1. The van der Waals surface area contributed by atoms with Gasteiger partial charge in [0.2, 0.25) is 0 Å². The fourth-order valence-corrected chi connectivity index (χ4v) is 2.16. The third-order valence-electron chi connectivity index (χ3n) is 3.51. The van der Waals surface area contributed by atoms with E-state index in [4.69, 9.17) is 15.2 Å². The molecule has 3 N–H and O–H groups in total. The Morgan fingerprint density at radius 1 is 1.26 bits per heavy atom. The van der Waals surface area contributed by atoms with Gasteiger partial charge >= 0.3 is 0 Å². The molecule has 0 bridgehead atoms. The molecule has 0 saturated heterocycles. The predicted molar refractivity (Wildman–Crippen MR) is 76.7 cm³/mol. The molecule has 1 aromatic carbocycles. The minimum absolute atomic E-state index is 0.159. The largest absolute Gasteiger partial charge is 0.490 e. The number of fused-ring (bicyclic) bond motifs is 1. The number of hydrogen-bond acceptors (Lipinski definition) is 4. The molecule has 0 saturated carbocycles. The Morgan fingerprint density at radius 3 is 2.68 bits per heavy atom. The monoisotopic (exact) mass is 264 g/mol. The van der Waals surface area contributed by atoms with Crippen LogP contribution in [-0.2, 0) is 0 Å². The Hall–Kier alpha value is -1.26. The van der Waals surface area contributed by atoms with Crippen LogP contribution in [0, 0.1) is 0 Å². The van der Waals surface area contributed by atoms with Crippen molar-refractivity contribution in [2.75, 3.05) is 19.8 Å². The summed E-state index contributed by atoms with van der Waals surface area (Å²) in [6, 6.07) is 6.71. The lowest BCUT2D eigenvalue weighted by Gasteiger charge is -2.22. The van der Waals surface area contributed by atoms with Gasteiger partial charge in [0.1, 0.15) is 0 Å². The van der Waals surface area contributed by atoms with Crippen molar-refractivity contribution >= 4 is 0 Å². The quantitative estimate of drug-likeness (QED) is 0.856. The van der Waals surface area contributed by atoms with Gasteiger partial charge in [-0.25, -0.2) is 0 Å². The van der Waals surface area contributed by atoms with Crippen LogP contribution in [0.2, 0.25) is 0 Å². The summed E-state index contributed by atoms with van der Waals surface area (Å²) in [6.45, 7) is 6.34. The number of rotatable bonds is 5. The zero-order chi connectivity index (χ0) is 13.7. The first-order valence-corrected chi connectivity index (χ1v) is 7.10. The van der Waals surface area contributed by atoms with Gasteiger partial charge in [-0.3, -0.25) is 0 Å². The average molecular weight is 264 g/mol. The summed E-state index contributed by atoms with van der Waals surface area (Å²) in [5, 5.41) is 3.53. The summed E-state index contributed by atoms with van der Waals surface area (Å²) in [4.78, 5) is 0. The smallest absolute Gasteiger partial charge is 0.161 e. The molecule has 2 rings (SSSR count). The molecule has 0 aromatic heterocycles. The maximum atomic E-state index is 5.88. The lowest BCUT2D eigenvalue weighted by atomic mass is 10.0. The van der Waals surface area contributed by atoms with Gasteiger partial charge in [0.25, 0.3) is 0 Å². The zero-order valence-electron chi connectivity index (χ0n) is 11.8. The SMILES string of the molecule is CCC(C)NC(CN)c1ccc2c(c1)OCCCO2. The number of benzene rings is 1. The van der Waals surface area contributed by atoms with E-state index in [0.717, 1.165) is 36.5 Å². The van der Waals surface area contributed by atoms with E-state index in [1.54, 1.807) is 0 Å². The minimum Gasteiger partial charge on any atom is -0.490 e. The second-order valence-corrected chi connectivity index (χ2v) is 5.02. The third-order valence-corrected chi connectivity index (χ3v) is 3.51. The van der Waals surface area contributed by atoms with E-state index in [-0.39, 0.29) is 6.04 Å². The first-order valence-electron chi connectivity index (χ1n) is 7.10. The van der Waals surface area contributed by atoms with Crippen LogP contribution in [0.3, 0.4) is 0 Å². The highest BCUT2D eigenvalue weighted by Crippen LogP contribution is 2.32. The van der Waals surface area contributed by atoms with Gasteiger partial charge < -0.3 is 20.5 Å². The Kier molecular flexibility index (Phi) is 5.05. The van der Waals surface area contributed by atoms with E-state index in [0.29, 0.717) is 19.2 Å². The van der Waals surface area contributed by atoms with E-state index in [9.17, 15) is 0 Å². The molecule has 2 atom stereocenters. The summed E-state index contributed by atoms with van der Waals surface area (Å²) in [5.41, 5.74) is 7.04. The molecule has 0 amide bonds. The first-order chi connectivity index (χ1) is 9.24. The van der Waals surface area contributed by atoms with Crippen molar-refractivity contribution in [3.05, 3.63) is 23.8 Å². The molecule has 1 heterocycles. The summed E-state index contributed by atoms with van der Waals surface area (Å²) in [5.74, 6) is 1.67. The summed E-state index contributed by atoms with van der Waals surface area (Å²) >= 11 is 0. The molecule has 0 fully saturated rings. The van der Waals surface area contributed by atoms with Gasteiger partial charge in [-0.15, -0.1) is 0 Å². The Labute approximate surface area is 115 Å². The first kappa shape index (κ1) is 14.2. The van der Waals surface area contributed by atoms with Crippen LogP contribution in [0.25, 0.3) is 0 Å². The second kappa shape index (κ2) is 6.78. The van der Waals surface area contributed by atoms with Crippen molar-refractivity contribution in [2.24, 2.45) is 5.73 Å². The molecule has 0 aliphatic carbocycles. The number of ether oxygens (including phenoxy) is 2. The standard InChI is InChI=1S/C15H24N2O2/c1-3-11(2)17-13(10-16)12-5-6-14-15(9-12)19-8-4-7-18-14/h5-6,9,11,13,17H,3-4,7-8,10,16H2,1-2H3. The van der Waals surface area contributed by atoms with Crippen LogP contribution in [0.1, 0.15) is 38.3 Å². The van der Waals surface area contributed by atoms with E-state index in [2.05, 4.69) is 25.2 Å². The maximum Gasteiger partial charge on any atom is 0.161 e. The van der Waals surface area contributed by atoms with Crippen LogP contribution >= 0.6 is 0 Å². The molecule has 1 aliphatic rings. The van der Waals surface area contributed by atoms with Crippen LogP contribution in [0.5, 0.6) is 11.5 Å². The van der Waals surface area contributed by atoms with Crippen molar-refractivity contribution in [2.45, 2.75) is 38.8 Å². The summed E-state index contributed by atoms with van der Waals surface area (Å²) in [7, 11) is 0. The summed E-state index contributed by atoms with van der Waals surface area (Å²) < 4.78 is 11.4. The molecular weight excluding hydrogens is 240 g/mol. The van der Waals surface area contributed by atoms with Crippen molar-refractivity contribution in [1.82, 2.24) is 5.32 Å². The molecule has 0 spiro atoms. The van der Waals surface area contributed by atoms with Crippen LogP contribution in [0.15, 0.2) is 18.2 Å². The molecule has 0 radical (unpaired) electrons. The highest BCUT2D eigenvalue weighted by atomic mass is 16.5. The molecule has 2 unspecified atom stereocenters. The Balaban J connectivity index is 2.16. The molecule has 1 aromatic rings. The lowest BCUT2D eigenvalue weighted by Crippen LogP contribution is -2.34. The van der Waals surface area contributed by atoms with Gasteiger partial charge in [0.05, 0.1) is 13.2 Å². The topological polar surface area (TPSA) is 56.5 Å². The highest BCUT2D eigenvalue weighted by Gasteiger charge is 2.16. The van der Waals surface area contributed by atoms with E-state index < -0.39 is 0 Å². The normalized spacial score (nSPS) is 17.6. The van der Waals surface area contributed by atoms with Gasteiger partial charge in [0, 0.05) is 25.0 Å². The predicted octanol–water partition coefficient (Wildman–Crippen LogP) is 2.24. The van der Waals surface area contributed by atoms with Gasteiger partial charge in [-0.2, -0.15) is 0 Å². The van der Waals surface area contributed by atoms with Crippen molar-refractivity contribution in [1.29, 1.82) is 0 Å². The lowest BCUT2D eigenvalue weighted by molar-refractivity contribution is 0.297.